The van der Waals surface area contributed by atoms with Gasteiger partial charge in [0.1, 0.15) is 17.1 Å². The first kappa shape index (κ1) is 13.5. The lowest BCUT2D eigenvalue weighted by Gasteiger charge is -2.05. The molecule has 2 N–H and O–H groups in total. The Balaban J connectivity index is 2.21. The summed E-state index contributed by atoms with van der Waals surface area (Å²) < 4.78 is 11.3. The highest BCUT2D eigenvalue weighted by Gasteiger charge is 2.20. The average molecular weight is 288 g/mol. The third-order valence-electron chi connectivity index (χ3n) is 3.60. The van der Waals surface area contributed by atoms with Crippen LogP contribution in [0.4, 0.5) is 0 Å². The highest BCUT2D eigenvalue weighted by molar-refractivity contribution is 6.04. The molecular weight excluding hydrogens is 272 g/mol. The van der Waals surface area contributed by atoms with Gasteiger partial charge in [0.2, 0.25) is 0 Å². The minimum Gasteiger partial charge on any atom is -0.504 e. The molecule has 0 fully saturated rings. The van der Waals surface area contributed by atoms with E-state index >= 15 is 0 Å². The van der Waals surface area contributed by atoms with Gasteiger partial charge in [-0.05, 0) is 38.8 Å². The summed E-state index contributed by atoms with van der Waals surface area (Å²) in [5.74, 6) is 0.653. The maximum absolute atomic E-state index is 10.7. The zero-order chi connectivity index (χ0) is 15.1. The fraction of sp³-hybridized carbons (Fsp3) is 0.312. The molecular formula is C16H16O5. The van der Waals surface area contributed by atoms with E-state index in [4.69, 9.17) is 13.9 Å². The monoisotopic (exact) mass is 288 g/mol. The van der Waals surface area contributed by atoms with Gasteiger partial charge < -0.3 is 19.0 Å². The summed E-state index contributed by atoms with van der Waals surface area (Å²) in [6.45, 7) is 3.63. The number of carboxylic acid groups (broad SMARTS) is 1. The number of furan rings is 2. The van der Waals surface area contributed by atoms with Crippen LogP contribution in [-0.2, 0) is 11.2 Å². The van der Waals surface area contributed by atoms with Crippen LogP contribution < -0.4 is 0 Å². The standard InChI is InChI=1S/C16H16O5/c1-8-6-11-10(4-3-5-13(17)18)15-12(7-9(2)20-15)14(19)16(11)21-8/h6-7,19H,3-5H2,1-2H3,(H,17,18). The van der Waals surface area contributed by atoms with Crippen LogP contribution in [0, 0.1) is 13.8 Å². The van der Waals surface area contributed by atoms with E-state index in [0.29, 0.717) is 40.9 Å². The number of aliphatic carboxylic acids is 1. The number of hydrogen-bond donors (Lipinski definition) is 2. The smallest absolute Gasteiger partial charge is 0.303 e. The van der Waals surface area contributed by atoms with Gasteiger partial charge in [-0.15, -0.1) is 0 Å². The molecule has 0 aliphatic carbocycles. The van der Waals surface area contributed by atoms with E-state index in [0.717, 1.165) is 10.9 Å². The zero-order valence-corrected chi connectivity index (χ0v) is 11.9. The topological polar surface area (TPSA) is 83.8 Å². The van der Waals surface area contributed by atoms with Crippen molar-refractivity contribution in [3.63, 3.8) is 0 Å². The number of carbonyl (C=O) groups is 1. The molecule has 0 spiro atoms. The third kappa shape index (κ3) is 2.24. The Labute approximate surface area is 120 Å². The van der Waals surface area contributed by atoms with Crippen molar-refractivity contribution in [1.29, 1.82) is 0 Å². The number of rotatable bonds is 4. The maximum atomic E-state index is 10.7. The number of benzene rings is 1. The van der Waals surface area contributed by atoms with Crippen molar-refractivity contribution in [1.82, 2.24) is 0 Å². The predicted molar refractivity (Wildman–Crippen MR) is 77.7 cm³/mol. The van der Waals surface area contributed by atoms with E-state index in [9.17, 15) is 9.90 Å². The molecule has 2 aromatic heterocycles. The number of carboxylic acids is 1. The van der Waals surface area contributed by atoms with Gasteiger partial charge in [-0.1, -0.05) is 0 Å². The van der Waals surface area contributed by atoms with E-state index in [1.165, 1.54) is 0 Å². The molecule has 0 saturated heterocycles. The van der Waals surface area contributed by atoms with Crippen molar-refractivity contribution < 1.29 is 23.8 Å². The lowest BCUT2D eigenvalue weighted by molar-refractivity contribution is -0.137. The van der Waals surface area contributed by atoms with E-state index in [-0.39, 0.29) is 12.2 Å². The molecule has 2 heterocycles. The Bertz CT molecular complexity index is 780. The van der Waals surface area contributed by atoms with E-state index in [2.05, 4.69) is 0 Å². The molecule has 110 valence electrons. The van der Waals surface area contributed by atoms with Crippen LogP contribution in [0.5, 0.6) is 5.75 Å². The lowest BCUT2D eigenvalue weighted by atomic mass is 10.0. The number of aromatic hydroxyl groups is 1. The number of aryl methyl sites for hydroxylation is 3. The predicted octanol–water partition coefficient (Wildman–Crippen LogP) is 3.91. The summed E-state index contributed by atoms with van der Waals surface area (Å²) in [6.07, 6.45) is 1.17. The molecule has 0 unspecified atom stereocenters. The largest absolute Gasteiger partial charge is 0.504 e. The van der Waals surface area contributed by atoms with Crippen LogP contribution in [0.3, 0.4) is 0 Å². The van der Waals surface area contributed by atoms with Gasteiger partial charge in [0, 0.05) is 17.4 Å². The third-order valence-corrected chi connectivity index (χ3v) is 3.60. The Kier molecular flexibility index (Phi) is 3.12. The normalized spacial score (nSPS) is 11.5. The van der Waals surface area contributed by atoms with Crippen molar-refractivity contribution >= 4 is 27.9 Å². The van der Waals surface area contributed by atoms with Gasteiger partial charge >= 0.3 is 5.97 Å². The SMILES string of the molecule is Cc1cc2c(CCCC(=O)O)c3oc(C)cc3c(O)c2o1. The molecule has 0 radical (unpaired) electrons. The van der Waals surface area contributed by atoms with Gasteiger partial charge in [0.05, 0.1) is 5.39 Å². The van der Waals surface area contributed by atoms with Gasteiger partial charge in [0.15, 0.2) is 11.3 Å². The first-order valence-corrected chi connectivity index (χ1v) is 6.83. The molecule has 0 aliphatic rings. The van der Waals surface area contributed by atoms with Gasteiger partial charge in [-0.25, -0.2) is 0 Å². The Morgan fingerprint density at radius 1 is 1.10 bits per heavy atom. The van der Waals surface area contributed by atoms with Gasteiger partial charge in [0.25, 0.3) is 0 Å². The highest BCUT2D eigenvalue weighted by Crippen LogP contribution is 2.41. The summed E-state index contributed by atoms with van der Waals surface area (Å²) in [5.41, 5.74) is 1.94. The molecule has 5 heteroatoms. The molecule has 21 heavy (non-hydrogen) atoms. The van der Waals surface area contributed by atoms with Crippen LogP contribution in [0.1, 0.15) is 29.9 Å². The molecule has 0 amide bonds. The maximum Gasteiger partial charge on any atom is 0.303 e. The van der Waals surface area contributed by atoms with Crippen LogP contribution in [0.2, 0.25) is 0 Å². The second kappa shape index (κ2) is 4.84. The number of phenolic OH excluding ortho intramolecular Hbond substituents is 1. The van der Waals surface area contributed by atoms with E-state index in [1.54, 1.807) is 6.07 Å². The summed E-state index contributed by atoms with van der Waals surface area (Å²) in [6, 6.07) is 3.62. The highest BCUT2D eigenvalue weighted by atomic mass is 16.4. The molecule has 0 atom stereocenters. The second-order valence-electron chi connectivity index (χ2n) is 5.27. The van der Waals surface area contributed by atoms with E-state index in [1.807, 2.05) is 19.9 Å². The molecule has 5 nitrogen and oxygen atoms in total. The molecule has 3 rings (SSSR count). The number of phenols is 1. The number of fused-ring (bicyclic) bond motifs is 2. The van der Waals surface area contributed by atoms with Crippen molar-refractivity contribution in [2.75, 3.05) is 0 Å². The van der Waals surface area contributed by atoms with Crippen LogP contribution in [-0.4, -0.2) is 16.2 Å². The van der Waals surface area contributed by atoms with Crippen LogP contribution in [0.25, 0.3) is 21.9 Å². The summed E-state index contributed by atoms with van der Waals surface area (Å²) in [4.78, 5) is 10.7. The molecule has 3 aromatic rings. The summed E-state index contributed by atoms with van der Waals surface area (Å²) >= 11 is 0. The molecule has 0 bridgehead atoms. The molecule has 0 saturated carbocycles. The van der Waals surface area contributed by atoms with Gasteiger partial charge in [-0.3, -0.25) is 4.79 Å². The van der Waals surface area contributed by atoms with Crippen molar-refractivity contribution in [3.8, 4) is 5.75 Å². The number of hydrogen-bond acceptors (Lipinski definition) is 4. The lowest BCUT2D eigenvalue weighted by Crippen LogP contribution is -1.96. The Morgan fingerprint density at radius 2 is 1.71 bits per heavy atom. The second-order valence-corrected chi connectivity index (χ2v) is 5.27. The minimum absolute atomic E-state index is 0.0759. The molecule has 1 aromatic carbocycles. The quantitative estimate of drug-likeness (QED) is 0.760. The molecule has 0 aliphatic heterocycles. The first-order chi connectivity index (χ1) is 9.97. The minimum atomic E-state index is -0.819. The van der Waals surface area contributed by atoms with Crippen molar-refractivity contribution in [2.45, 2.75) is 33.1 Å². The van der Waals surface area contributed by atoms with Crippen molar-refractivity contribution in [2.24, 2.45) is 0 Å². The Morgan fingerprint density at radius 3 is 2.38 bits per heavy atom. The fourth-order valence-corrected chi connectivity index (χ4v) is 2.74. The summed E-state index contributed by atoms with van der Waals surface area (Å²) in [7, 11) is 0. The first-order valence-electron chi connectivity index (χ1n) is 6.83. The van der Waals surface area contributed by atoms with Gasteiger partial charge in [-0.2, -0.15) is 0 Å². The Hall–Kier alpha value is -2.43. The average Bonchev–Trinajstić information content (AvgIpc) is 2.96. The summed E-state index contributed by atoms with van der Waals surface area (Å²) in [5, 5.41) is 20.5. The van der Waals surface area contributed by atoms with E-state index < -0.39 is 5.97 Å². The van der Waals surface area contributed by atoms with Crippen LogP contribution in [0.15, 0.2) is 21.0 Å². The van der Waals surface area contributed by atoms with Crippen LogP contribution >= 0.6 is 0 Å². The van der Waals surface area contributed by atoms with Crippen molar-refractivity contribution in [3.05, 3.63) is 29.2 Å². The zero-order valence-electron chi connectivity index (χ0n) is 11.9. The fourth-order valence-electron chi connectivity index (χ4n) is 2.74.